The molecule has 35 heavy (non-hydrogen) atoms. The van der Waals surface area contributed by atoms with Crippen LogP contribution >= 0.6 is 22.6 Å². The third-order valence-corrected chi connectivity index (χ3v) is 9.06. The normalized spacial score (nSPS) is 16.6. The molecule has 0 saturated heterocycles. The van der Waals surface area contributed by atoms with E-state index in [0.29, 0.717) is 12.1 Å². The summed E-state index contributed by atoms with van der Waals surface area (Å²) < 4.78 is 35.6. The number of carbonyl (C=O) groups is 1. The van der Waals surface area contributed by atoms with E-state index in [1.54, 1.807) is 42.5 Å². The Bertz CT molecular complexity index is 1280. The lowest BCUT2D eigenvalue weighted by Gasteiger charge is -2.41. The highest BCUT2D eigenvalue weighted by atomic mass is 127. The number of amides is 1. The van der Waals surface area contributed by atoms with E-state index >= 15 is 0 Å². The van der Waals surface area contributed by atoms with Gasteiger partial charge in [-0.05, 0) is 77.9 Å². The van der Waals surface area contributed by atoms with E-state index in [-0.39, 0.29) is 29.0 Å². The number of sulfonamides is 1. The van der Waals surface area contributed by atoms with Gasteiger partial charge in [0.2, 0.25) is 5.91 Å². The van der Waals surface area contributed by atoms with Gasteiger partial charge in [-0.2, -0.15) is 0 Å². The molecule has 4 rings (SSSR count). The van der Waals surface area contributed by atoms with Crippen LogP contribution in [0.25, 0.3) is 0 Å². The van der Waals surface area contributed by atoms with Gasteiger partial charge in [0.25, 0.3) is 10.0 Å². The van der Waals surface area contributed by atoms with Crippen LogP contribution in [-0.2, 0) is 14.8 Å². The van der Waals surface area contributed by atoms with Gasteiger partial charge in [0.05, 0.1) is 16.6 Å². The first kappa shape index (κ1) is 25.5. The second-order valence-corrected chi connectivity index (χ2v) is 11.8. The predicted octanol–water partition coefficient (Wildman–Crippen LogP) is 5.69. The van der Waals surface area contributed by atoms with Crippen LogP contribution in [0, 0.1) is 3.57 Å². The minimum absolute atomic E-state index is 0.138. The first-order valence-electron chi connectivity index (χ1n) is 11.7. The van der Waals surface area contributed by atoms with E-state index in [4.69, 9.17) is 4.74 Å². The molecule has 6 nitrogen and oxygen atoms in total. The molecule has 0 radical (unpaired) electrons. The molecule has 0 unspecified atom stereocenters. The van der Waals surface area contributed by atoms with Gasteiger partial charge in [0, 0.05) is 15.6 Å². The number of benzene rings is 3. The van der Waals surface area contributed by atoms with E-state index in [0.717, 1.165) is 27.7 Å². The summed E-state index contributed by atoms with van der Waals surface area (Å²) in [4.78, 5) is 13.5. The first-order valence-corrected chi connectivity index (χ1v) is 14.2. The highest BCUT2D eigenvalue weighted by Gasteiger charge is 2.39. The minimum Gasteiger partial charge on any atom is -0.487 e. The van der Waals surface area contributed by atoms with Crippen LogP contribution in [0.5, 0.6) is 5.75 Å². The lowest BCUT2D eigenvalue weighted by molar-refractivity contribution is -0.121. The molecule has 0 aromatic heterocycles. The molecule has 0 fully saturated rings. The molecular weight excluding hydrogens is 575 g/mol. The van der Waals surface area contributed by atoms with Crippen molar-refractivity contribution in [1.29, 1.82) is 0 Å². The van der Waals surface area contributed by atoms with Crippen molar-refractivity contribution in [2.24, 2.45) is 0 Å². The number of nitrogens with zero attached hydrogens (tertiary/aromatic N) is 1. The number of rotatable bonds is 8. The van der Waals surface area contributed by atoms with E-state index in [9.17, 15) is 13.2 Å². The second kappa shape index (κ2) is 10.6. The summed E-state index contributed by atoms with van der Waals surface area (Å²) in [6.45, 7) is 3.84. The van der Waals surface area contributed by atoms with Gasteiger partial charge in [-0.25, -0.2) is 8.42 Å². The van der Waals surface area contributed by atoms with E-state index in [2.05, 4.69) is 41.8 Å². The van der Waals surface area contributed by atoms with Crippen molar-refractivity contribution >= 4 is 44.2 Å². The molecule has 1 aliphatic rings. The Morgan fingerprint density at radius 2 is 1.63 bits per heavy atom. The van der Waals surface area contributed by atoms with Gasteiger partial charge in [-0.1, -0.05) is 50.2 Å². The molecule has 3 aromatic carbocycles. The summed E-state index contributed by atoms with van der Waals surface area (Å²) in [5, 5.41) is 3.11. The van der Waals surface area contributed by atoms with E-state index < -0.39 is 10.0 Å². The summed E-state index contributed by atoms with van der Waals surface area (Å²) in [5.74, 6) is 0.394. The van der Waals surface area contributed by atoms with Crippen molar-refractivity contribution in [3.8, 4) is 5.75 Å². The number of para-hydroxylation sites is 1. The number of anilines is 1. The van der Waals surface area contributed by atoms with Crippen molar-refractivity contribution in [3.63, 3.8) is 0 Å². The molecule has 1 heterocycles. The molecule has 0 saturated carbocycles. The maximum absolute atomic E-state index is 13.6. The molecule has 1 atom stereocenters. The fourth-order valence-electron chi connectivity index (χ4n) is 4.44. The summed E-state index contributed by atoms with van der Waals surface area (Å²) in [6.07, 6.45) is 2.24. The number of carbonyl (C=O) groups excluding carboxylic acids is 1. The van der Waals surface area contributed by atoms with Crippen LogP contribution < -0.4 is 14.4 Å². The van der Waals surface area contributed by atoms with E-state index in [1.165, 1.54) is 4.31 Å². The monoisotopic (exact) mass is 604 g/mol. The Morgan fingerprint density at radius 3 is 2.29 bits per heavy atom. The molecule has 1 amide bonds. The zero-order valence-electron chi connectivity index (χ0n) is 19.8. The molecule has 1 N–H and O–H groups in total. The van der Waals surface area contributed by atoms with Crippen molar-refractivity contribution in [2.75, 3.05) is 10.8 Å². The van der Waals surface area contributed by atoms with Crippen molar-refractivity contribution in [3.05, 3.63) is 88.0 Å². The van der Waals surface area contributed by atoms with Crippen LogP contribution in [0.2, 0.25) is 0 Å². The Labute approximate surface area is 220 Å². The lowest BCUT2D eigenvalue weighted by atomic mass is 9.83. The summed E-state index contributed by atoms with van der Waals surface area (Å²) >= 11 is 2.17. The third kappa shape index (κ3) is 5.48. The Morgan fingerprint density at radius 1 is 1.00 bits per heavy atom. The van der Waals surface area contributed by atoms with Gasteiger partial charge in [-0.3, -0.25) is 9.10 Å². The standard InChI is InChI=1S/C27H29IN2O4S/c1-3-27(4-2)18-24(23-12-8-9-13-25(23)34-27)29-26(31)19-30(21-16-14-20(28)15-17-21)35(32,33)22-10-6-5-7-11-22/h5-17,24H,3-4,18-19H2,1-2H3,(H,29,31)/t24-/m1/s1. The van der Waals surface area contributed by atoms with Crippen LogP contribution in [0.3, 0.4) is 0 Å². The number of nitrogens with one attached hydrogen (secondary N) is 1. The van der Waals surface area contributed by atoms with Crippen molar-refractivity contribution in [2.45, 2.75) is 49.6 Å². The SMILES string of the molecule is CCC1(CC)C[C@@H](NC(=O)CN(c2ccc(I)cc2)S(=O)(=O)c2ccccc2)c2ccccc2O1. The Hall–Kier alpha value is -2.59. The molecule has 0 aliphatic carbocycles. The number of hydrogen-bond acceptors (Lipinski definition) is 4. The fourth-order valence-corrected chi connectivity index (χ4v) is 6.24. The average Bonchev–Trinajstić information content (AvgIpc) is 2.88. The quantitative estimate of drug-likeness (QED) is 0.336. The Kier molecular flexibility index (Phi) is 7.70. The fraction of sp³-hybridized carbons (Fsp3) is 0.296. The van der Waals surface area contributed by atoms with Gasteiger partial charge in [0.1, 0.15) is 17.9 Å². The minimum atomic E-state index is -3.95. The van der Waals surface area contributed by atoms with Gasteiger partial charge in [-0.15, -0.1) is 0 Å². The molecule has 8 heteroatoms. The van der Waals surface area contributed by atoms with Gasteiger partial charge in [0.15, 0.2) is 0 Å². The Balaban J connectivity index is 1.64. The zero-order chi connectivity index (χ0) is 25.1. The topological polar surface area (TPSA) is 75.7 Å². The number of ether oxygens (including phenoxy) is 1. The highest BCUT2D eigenvalue weighted by molar-refractivity contribution is 14.1. The smallest absolute Gasteiger partial charge is 0.264 e. The maximum Gasteiger partial charge on any atom is 0.264 e. The van der Waals surface area contributed by atoms with Crippen LogP contribution in [-0.4, -0.2) is 26.5 Å². The molecular formula is C27H29IN2O4S. The zero-order valence-corrected chi connectivity index (χ0v) is 22.8. The summed E-state index contributed by atoms with van der Waals surface area (Å²) in [6, 6.07) is 22.7. The summed E-state index contributed by atoms with van der Waals surface area (Å²) in [5.41, 5.74) is 0.969. The molecule has 3 aromatic rings. The second-order valence-electron chi connectivity index (χ2n) is 8.66. The molecule has 0 bridgehead atoms. The van der Waals surface area contributed by atoms with Crippen LogP contribution in [0.15, 0.2) is 83.8 Å². The predicted molar refractivity (Wildman–Crippen MR) is 146 cm³/mol. The lowest BCUT2D eigenvalue weighted by Crippen LogP contribution is -2.47. The van der Waals surface area contributed by atoms with Crippen LogP contribution in [0.1, 0.15) is 44.7 Å². The number of hydrogen-bond donors (Lipinski definition) is 1. The van der Waals surface area contributed by atoms with Crippen molar-refractivity contribution < 1.29 is 17.9 Å². The van der Waals surface area contributed by atoms with Gasteiger partial charge < -0.3 is 10.1 Å². The van der Waals surface area contributed by atoms with Crippen molar-refractivity contribution in [1.82, 2.24) is 5.32 Å². The molecule has 184 valence electrons. The summed E-state index contributed by atoms with van der Waals surface area (Å²) in [7, 11) is -3.95. The molecule has 1 aliphatic heterocycles. The molecule has 0 spiro atoms. The highest BCUT2D eigenvalue weighted by Crippen LogP contribution is 2.42. The first-order chi connectivity index (χ1) is 16.8. The van der Waals surface area contributed by atoms with Crippen LogP contribution in [0.4, 0.5) is 5.69 Å². The van der Waals surface area contributed by atoms with Gasteiger partial charge >= 0.3 is 0 Å². The number of fused-ring (bicyclic) bond motifs is 1. The number of halogens is 1. The van der Waals surface area contributed by atoms with E-state index in [1.807, 2.05) is 36.4 Å². The maximum atomic E-state index is 13.6. The average molecular weight is 605 g/mol. The third-order valence-electron chi connectivity index (χ3n) is 6.55. The largest absolute Gasteiger partial charge is 0.487 e.